The second-order valence-electron chi connectivity index (χ2n) is 6.44. The van der Waals surface area contributed by atoms with Crippen LogP contribution in [0.15, 0.2) is 58.5 Å². The molecular weight excluding hydrogens is 386 g/mol. The molecule has 0 aliphatic heterocycles. The molecule has 2 aromatic rings. The van der Waals surface area contributed by atoms with Crippen LogP contribution in [-0.4, -0.2) is 20.0 Å². The number of sulfonamides is 1. The SMILES string of the molecule is NS(=O)(=O)c1cc(C(=O)N/N=C2/CCCC[C@@H]2c2ccccc2)ccc1Cl. The van der Waals surface area contributed by atoms with Crippen LogP contribution in [0, 0.1) is 0 Å². The van der Waals surface area contributed by atoms with Crippen molar-refractivity contribution in [1.29, 1.82) is 0 Å². The van der Waals surface area contributed by atoms with Gasteiger partial charge in [-0.2, -0.15) is 5.10 Å². The number of halogens is 1. The fourth-order valence-electron chi connectivity index (χ4n) is 3.22. The fraction of sp³-hybridized carbons (Fsp3) is 0.263. The van der Waals surface area contributed by atoms with Gasteiger partial charge in [-0.15, -0.1) is 0 Å². The van der Waals surface area contributed by atoms with Gasteiger partial charge in [0.05, 0.1) is 5.02 Å². The van der Waals surface area contributed by atoms with Crippen LogP contribution >= 0.6 is 11.6 Å². The summed E-state index contributed by atoms with van der Waals surface area (Å²) in [5.74, 6) is -0.341. The molecule has 1 amide bonds. The van der Waals surface area contributed by atoms with E-state index in [0.29, 0.717) is 0 Å². The zero-order chi connectivity index (χ0) is 19.4. The van der Waals surface area contributed by atoms with Crippen molar-refractivity contribution in [1.82, 2.24) is 5.43 Å². The zero-order valence-electron chi connectivity index (χ0n) is 14.6. The van der Waals surface area contributed by atoms with Gasteiger partial charge in [0, 0.05) is 17.2 Å². The highest BCUT2D eigenvalue weighted by Crippen LogP contribution is 2.30. The van der Waals surface area contributed by atoms with E-state index in [9.17, 15) is 13.2 Å². The van der Waals surface area contributed by atoms with E-state index in [1.54, 1.807) is 0 Å². The molecule has 3 N–H and O–H groups in total. The van der Waals surface area contributed by atoms with Gasteiger partial charge >= 0.3 is 0 Å². The Morgan fingerprint density at radius 3 is 2.59 bits per heavy atom. The van der Waals surface area contributed by atoms with Gasteiger partial charge in [-0.1, -0.05) is 48.4 Å². The average molecular weight is 406 g/mol. The van der Waals surface area contributed by atoms with Crippen molar-refractivity contribution in [2.24, 2.45) is 10.2 Å². The lowest BCUT2D eigenvalue weighted by atomic mass is 9.82. The maximum atomic E-state index is 12.4. The van der Waals surface area contributed by atoms with E-state index < -0.39 is 15.9 Å². The van der Waals surface area contributed by atoms with Gasteiger partial charge < -0.3 is 0 Å². The average Bonchev–Trinajstić information content (AvgIpc) is 2.66. The minimum absolute atomic E-state index is 0.0308. The van der Waals surface area contributed by atoms with E-state index in [-0.39, 0.29) is 21.4 Å². The highest BCUT2D eigenvalue weighted by Gasteiger charge is 2.23. The molecule has 0 spiro atoms. The Kier molecular flexibility index (Phi) is 5.94. The molecule has 6 nitrogen and oxygen atoms in total. The number of nitrogens with zero attached hydrogens (tertiary/aromatic N) is 1. The summed E-state index contributed by atoms with van der Waals surface area (Å²) in [6.45, 7) is 0. The summed E-state index contributed by atoms with van der Waals surface area (Å²) in [6.07, 6.45) is 3.92. The molecule has 0 unspecified atom stereocenters. The summed E-state index contributed by atoms with van der Waals surface area (Å²) in [7, 11) is -4.02. The van der Waals surface area contributed by atoms with Gasteiger partial charge in [0.2, 0.25) is 10.0 Å². The number of carbonyl (C=O) groups is 1. The van der Waals surface area contributed by atoms with Crippen molar-refractivity contribution in [2.45, 2.75) is 36.5 Å². The summed E-state index contributed by atoms with van der Waals surface area (Å²) in [5, 5.41) is 9.43. The Balaban J connectivity index is 1.81. The number of rotatable bonds is 4. The van der Waals surface area contributed by atoms with Crippen LogP contribution in [0.25, 0.3) is 0 Å². The van der Waals surface area contributed by atoms with Crippen LogP contribution in [0.5, 0.6) is 0 Å². The van der Waals surface area contributed by atoms with E-state index in [1.807, 2.05) is 18.2 Å². The second-order valence-corrected chi connectivity index (χ2v) is 8.38. The molecule has 0 saturated heterocycles. The number of benzene rings is 2. The lowest BCUT2D eigenvalue weighted by Crippen LogP contribution is -2.25. The molecule has 0 aromatic heterocycles. The summed E-state index contributed by atoms with van der Waals surface area (Å²) in [6, 6.07) is 14.0. The first-order chi connectivity index (χ1) is 12.9. The van der Waals surface area contributed by atoms with E-state index in [0.717, 1.165) is 37.5 Å². The molecule has 0 heterocycles. The first kappa shape index (κ1) is 19.5. The standard InChI is InChI=1S/C19H20ClN3O3S/c20-16-11-10-14(12-18(16)27(21,25)26)19(24)23-22-17-9-5-4-8-15(17)13-6-2-1-3-7-13/h1-3,6-7,10-12,15H,4-5,8-9H2,(H,23,24)(H2,21,25,26)/b22-17-/t15-/m1/s1. The van der Waals surface area contributed by atoms with Gasteiger partial charge in [0.1, 0.15) is 4.90 Å². The predicted octanol–water partition coefficient (Wildman–Crippen LogP) is 3.43. The third-order valence-corrected chi connectivity index (χ3v) is 5.97. The molecule has 3 rings (SSSR count). The molecule has 0 radical (unpaired) electrons. The van der Waals surface area contributed by atoms with E-state index in [4.69, 9.17) is 16.7 Å². The topological polar surface area (TPSA) is 102 Å². The number of primary sulfonamides is 1. The molecular formula is C19H20ClN3O3S. The number of nitrogens with one attached hydrogen (secondary N) is 1. The Bertz CT molecular complexity index is 975. The first-order valence-corrected chi connectivity index (χ1v) is 10.5. The van der Waals surface area contributed by atoms with Crippen molar-refractivity contribution in [3.05, 3.63) is 64.7 Å². The first-order valence-electron chi connectivity index (χ1n) is 8.60. The number of hydrazone groups is 1. The normalized spacial score (nSPS) is 19.0. The maximum Gasteiger partial charge on any atom is 0.271 e. The number of amides is 1. The zero-order valence-corrected chi connectivity index (χ0v) is 16.1. The third-order valence-electron chi connectivity index (χ3n) is 4.58. The van der Waals surface area contributed by atoms with Crippen LogP contribution < -0.4 is 10.6 Å². The minimum atomic E-state index is -4.02. The van der Waals surface area contributed by atoms with Gasteiger partial charge in [-0.05, 0) is 43.0 Å². The molecule has 1 aliphatic rings. The van der Waals surface area contributed by atoms with Gasteiger partial charge in [0.25, 0.3) is 5.91 Å². The monoisotopic (exact) mass is 405 g/mol. The molecule has 1 fully saturated rings. The molecule has 1 atom stereocenters. The van der Waals surface area contributed by atoms with Crippen molar-refractivity contribution in [3.8, 4) is 0 Å². The lowest BCUT2D eigenvalue weighted by Gasteiger charge is -2.24. The van der Waals surface area contributed by atoms with E-state index >= 15 is 0 Å². The van der Waals surface area contributed by atoms with E-state index in [1.165, 1.54) is 17.7 Å². The van der Waals surface area contributed by atoms with Gasteiger partial charge in [-0.25, -0.2) is 19.0 Å². The fourth-order valence-corrected chi connectivity index (χ4v) is 4.29. The Morgan fingerprint density at radius 1 is 1.15 bits per heavy atom. The number of carbonyl (C=O) groups excluding carboxylic acids is 1. The van der Waals surface area contributed by atoms with E-state index in [2.05, 4.69) is 22.7 Å². The van der Waals surface area contributed by atoms with Crippen molar-refractivity contribution < 1.29 is 13.2 Å². The summed E-state index contributed by atoms with van der Waals surface area (Å²) in [5.41, 5.74) is 4.75. The predicted molar refractivity (Wildman–Crippen MR) is 105 cm³/mol. The quantitative estimate of drug-likeness (QED) is 0.761. The molecule has 1 saturated carbocycles. The summed E-state index contributed by atoms with van der Waals surface area (Å²) < 4.78 is 23.1. The molecule has 8 heteroatoms. The van der Waals surface area contributed by atoms with Crippen molar-refractivity contribution in [2.75, 3.05) is 0 Å². The number of hydrogen-bond acceptors (Lipinski definition) is 4. The lowest BCUT2D eigenvalue weighted by molar-refractivity contribution is 0.0954. The smallest absolute Gasteiger partial charge is 0.267 e. The molecule has 0 bridgehead atoms. The van der Waals surface area contributed by atoms with Crippen LogP contribution in [-0.2, 0) is 10.0 Å². The Labute approximate surface area is 163 Å². The van der Waals surface area contributed by atoms with Crippen LogP contribution in [0.2, 0.25) is 5.02 Å². The van der Waals surface area contributed by atoms with Crippen molar-refractivity contribution in [3.63, 3.8) is 0 Å². The van der Waals surface area contributed by atoms with Gasteiger partial charge in [0.15, 0.2) is 0 Å². The molecule has 142 valence electrons. The van der Waals surface area contributed by atoms with Crippen molar-refractivity contribution >= 4 is 33.2 Å². The maximum absolute atomic E-state index is 12.4. The van der Waals surface area contributed by atoms with Crippen LogP contribution in [0.1, 0.15) is 47.5 Å². The molecule has 2 aromatic carbocycles. The number of hydrogen-bond donors (Lipinski definition) is 2. The summed E-state index contributed by atoms with van der Waals surface area (Å²) in [4.78, 5) is 12.1. The molecule has 27 heavy (non-hydrogen) atoms. The minimum Gasteiger partial charge on any atom is -0.267 e. The Hall–Kier alpha value is -2.22. The van der Waals surface area contributed by atoms with Crippen LogP contribution in [0.4, 0.5) is 0 Å². The largest absolute Gasteiger partial charge is 0.271 e. The molecule has 1 aliphatic carbocycles. The second kappa shape index (κ2) is 8.21. The highest BCUT2D eigenvalue weighted by molar-refractivity contribution is 7.89. The number of nitrogens with two attached hydrogens (primary N) is 1. The third kappa shape index (κ3) is 4.74. The highest BCUT2D eigenvalue weighted by atomic mass is 35.5. The Morgan fingerprint density at radius 2 is 1.89 bits per heavy atom. The summed E-state index contributed by atoms with van der Waals surface area (Å²) >= 11 is 5.85. The van der Waals surface area contributed by atoms with Crippen LogP contribution in [0.3, 0.4) is 0 Å². The van der Waals surface area contributed by atoms with Gasteiger partial charge in [-0.3, -0.25) is 4.79 Å².